The molecule has 1 aliphatic heterocycles. The molecule has 11 heteroatoms. The van der Waals surface area contributed by atoms with Gasteiger partial charge in [-0.25, -0.2) is 0 Å². The van der Waals surface area contributed by atoms with Crippen LogP contribution in [0.15, 0.2) is 0 Å². The van der Waals surface area contributed by atoms with Crippen molar-refractivity contribution in [3.63, 3.8) is 0 Å². The van der Waals surface area contributed by atoms with Gasteiger partial charge in [-0.15, -0.1) is 0 Å². The van der Waals surface area contributed by atoms with Crippen LogP contribution in [0.2, 0.25) is 0 Å². The van der Waals surface area contributed by atoms with Crippen molar-refractivity contribution in [2.24, 2.45) is 11.7 Å². The summed E-state index contributed by atoms with van der Waals surface area (Å²) in [5, 5.41) is 16.8. The summed E-state index contributed by atoms with van der Waals surface area (Å²) in [6, 6.07) is 3.83. The van der Waals surface area contributed by atoms with Crippen LogP contribution in [-0.2, 0) is 18.3 Å². The van der Waals surface area contributed by atoms with Crippen molar-refractivity contribution < 1.29 is 28.1 Å². The highest BCUT2D eigenvalue weighted by atomic mass is 31.2. The highest BCUT2D eigenvalue weighted by molar-refractivity contribution is 7.46. The normalized spacial score (nSPS) is 26.4. The zero-order chi connectivity index (χ0) is 17.1. The summed E-state index contributed by atoms with van der Waals surface area (Å²) in [4.78, 5) is 19.4. The molecule has 1 saturated heterocycles. The zero-order valence-corrected chi connectivity index (χ0v) is 14.4. The lowest BCUT2D eigenvalue weighted by Crippen LogP contribution is -2.25. The Kier molecular flexibility index (Phi) is 10.7. The van der Waals surface area contributed by atoms with E-state index in [0.29, 0.717) is 12.6 Å². The maximum atomic E-state index is 9.86. The molecule has 1 aliphatic rings. The third-order valence-electron chi connectivity index (χ3n) is 3.02. The summed E-state index contributed by atoms with van der Waals surface area (Å²) >= 11 is 0. The minimum Gasteiger partial charge on any atom is -0.358 e. The molecule has 9 nitrogen and oxygen atoms in total. The molecular formula is C12H21N3O6P2. The molecule has 4 N–H and O–H groups in total. The largest absolute Gasteiger partial charge is 0.358 e. The lowest BCUT2D eigenvalue weighted by Gasteiger charge is -2.21. The van der Waals surface area contributed by atoms with Crippen molar-refractivity contribution in [3.8, 4) is 12.1 Å². The van der Waals surface area contributed by atoms with Crippen molar-refractivity contribution in [3.05, 3.63) is 0 Å². The fraction of sp³-hybridized carbons (Fsp3) is 0.833. The molecule has 0 amide bonds. The molecule has 1 fully saturated rings. The average Bonchev–Trinajstić information content (AvgIpc) is 2.85. The van der Waals surface area contributed by atoms with E-state index in [2.05, 4.69) is 0 Å². The van der Waals surface area contributed by atoms with Crippen molar-refractivity contribution >= 4 is 17.0 Å². The maximum absolute atomic E-state index is 9.86. The van der Waals surface area contributed by atoms with Crippen LogP contribution >= 0.6 is 17.0 Å². The van der Waals surface area contributed by atoms with E-state index < -0.39 is 23.2 Å². The molecule has 0 saturated carbocycles. The number of rotatable bonds is 11. The molecular weight excluding hydrogens is 344 g/mol. The maximum Gasteiger partial charge on any atom is 0.329 e. The lowest BCUT2D eigenvalue weighted by molar-refractivity contribution is 0.00649. The van der Waals surface area contributed by atoms with Crippen LogP contribution in [-0.4, -0.2) is 48.1 Å². The second-order valence-corrected chi connectivity index (χ2v) is 7.08. The SMILES string of the molecule is N#CCCOP(O)C[C@H]1CC(N)OC1COP(O)OCCC#N. The molecule has 0 bridgehead atoms. The summed E-state index contributed by atoms with van der Waals surface area (Å²) in [7, 11) is -3.72. The number of nitrogens with two attached hydrogens (primary N) is 1. The van der Waals surface area contributed by atoms with Gasteiger partial charge in [0.15, 0.2) is 8.38 Å². The number of hydrogen-bond acceptors (Lipinski definition) is 9. The molecule has 4 unspecified atom stereocenters. The van der Waals surface area contributed by atoms with E-state index in [0.717, 1.165) is 0 Å². The Bertz CT molecular complexity index is 419. The molecule has 0 aromatic rings. The predicted octanol–water partition coefficient (Wildman–Crippen LogP) is 1.08. The zero-order valence-electron chi connectivity index (χ0n) is 12.6. The van der Waals surface area contributed by atoms with E-state index in [1.54, 1.807) is 0 Å². The first kappa shape index (κ1) is 20.6. The number of hydrogen-bond donors (Lipinski definition) is 3. The Balaban J connectivity index is 2.31. The van der Waals surface area contributed by atoms with Gasteiger partial charge >= 0.3 is 8.60 Å². The molecule has 23 heavy (non-hydrogen) atoms. The summed E-state index contributed by atoms with van der Waals surface area (Å²) < 4.78 is 20.8. The monoisotopic (exact) mass is 365 g/mol. The lowest BCUT2D eigenvalue weighted by atomic mass is 10.0. The van der Waals surface area contributed by atoms with Crippen molar-refractivity contribution in [1.82, 2.24) is 0 Å². The average molecular weight is 365 g/mol. The van der Waals surface area contributed by atoms with Crippen LogP contribution in [0.5, 0.6) is 0 Å². The van der Waals surface area contributed by atoms with E-state index in [1.165, 1.54) is 0 Å². The Labute approximate surface area is 137 Å². The third-order valence-corrected chi connectivity index (χ3v) is 5.06. The number of nitrogens with zero attached hydrogens (tertiary/aromatic N) is 2. The minimum absolute atomic E-state index is 0.0642. The van der Waals surface area contributed by atoms with E-state index in [9.17, 15) is 9.79 Å². The van der Waals surface area contributed by atoms with Gasteiger partial charge in [0, 0.05) is 6.16 Å². The second-order valence-electron chi connectivity index (χ2n) is 4.76. The summed E-state index contributed by atoms with van der Waals surface area (Å²) in [6.45, 7) is 0.366. The topological polar surface area (TPSA) is 151 Å². The molecule has 0 aliphatic carbocycles. The molecule has 0 aromatic carbocycles. The molecule has 1 rings (SSSR count). The highest BCUT2D eigenvalue weighted by Gasteiger charge is 2.36. The standard InChI is InChI=1S/C12H21N3O6P2/c13-3-1-5-18-22(16)9-10-7-12(15)21-11(10)8-20-23(17)19-6-2-4-14/h10-12,16-17H,1-2,5-9,15H2/t10-,11?,12?,22?,23?/m1/s1. The molecule has 0 aromatic heterocycles. The minimum atomic E-state index is -2.07. The molecule has 0 radical (unpaired) electrons. The van der Waals surface area contributed by atoms with Gasteiger partial charge in [-0.3, -0.25) is 0 Å². The fourth-order valence-corrected chi connectivity index (χ4v) is 3.79. The quantitative estimate of drug-likeness (QED) is 0.361. The van der Waals surface area contributed by atoms with Gasteiger partial charge in [0.1, 0.15) is 6.23 Å². The summed E-state index contributed by atoms with van der Waals surface area (Å²) in [5.74, 6) is -0.0642. The molecule has 0 spiro atoms. The summed E-state index contributed by atoms with van der Waals surface area (Å²) in [6.07, 6.45) is 0.473. The van der Waals surface area contributed by atoms with Gasteiger partial charge in [0.05, 0.1) is 50.9 Å². The second kappa shape index (κ2) is 12.0. The van der Waals surface area contributed by atoms with Crippen LogP contribution in [0.25, 0.3) is 0 Å². The van der Waals surface area contributed by atoms with Gasteiger partial charge < -0.3 is 33.8 Å². The summed E-state index contributed by atoms with van der Waals surface area (Å²) in [5.41, 5.74) is 5.76. The molecule has 130 valence electrons. The first-order chi connectivity index (χ1) is 11.1. The molecule has 5 atom stereocenters. The number of nitriles is 2. The first-order valence-electron chi connectivity index (χ1n) is 7.06. The fourth-order valence-electron chi connectivity index (χ4n) is 2.00. The Morgan fingerprint density at radius 1 is 1.13 bits per heavy atom. The van der Waals surface area contributed by atoms with Gasteiger partial charge in [0.2, 0.25) is 0 Å². The predicted molar refractivity (Wildman–Crippen MR) is 82.4 cm³/mol. The van der Waals surface area contributed by atoms with Crippen LogP contribution < -0.4 is 5.73 Å². The van der Waals surface area contributed by atoms with Gasteiger partial charge in [-0.2, -0.15) is 10.5 Å². The Hall–Kier alpha value is -0.440. The van der Waals surface area contributed by atoms with Crippen LogP contribution in [0.3, 0.4) is 0 Å². The highest BCUT2D eigenvalue weighted by Crippen LogP contribution is 2.41. The van der Waals surface area contributed by atoms with E-state index in [1.807, 2.05) is 12.1 Å². The number of ether oxygens (including phenoxy) is 1. The third kappa shape index (κ3) is 8.83. The van der Waals surface area contributed by atoms with Crippen LogP contribution in [0, 0.1) is 28.6 Å². The van der Waals surface area contributed by atoms with Crippen LogP contribution in [0.4, 0.5) is 0 Å². The van der Waals surface area contributed by atoms with Crippen molar-refractivity contribution in [1.29, 1.82) is 10.5 Å². The van der Waals surface area contributed by atoms with Crippen LogP contribution in [0.1, 0.15) is 19.3 Å². The van der Waals surface area contributed by atoms with Gasteiger partial charge in [0.25, 0.3) is 0 Å². The van der Waals surface area contributed by atoms with Crippen molar-refractivity contribution in [2.75, 3.05) is 26.0 Å². The van der Waals surface area contributed by atoms with E-state index in [4.69, 9.17) is 34.6 Å². The van der Waals surface area contributed by atoms with Gasteiger partial charge in [-0.05, 0) is 12.3 Å². The van der Waals surface area contributed by atoms with E-state index in [-0.39, 0.29) is 44.7 Å². The Morgan fingerprint density at radius 3 is 2.43 bits per heavy atom. The Morgan fingerprint density at radius 2 is 1.78 bits per heavy atom. The first-order valence-corrected chi connectivity index (χ1v) is 9.58. The van der Waals surface area contributed by atoms with Gasteiger partial charge in [-0.1, -0.05) is 0 Å². The van der Waals surface area contributed by atoms with E-state index >= 15 is 0 Å². The smallest absolute Gasteiger partial charge is 0.329 e. The van der Waals surface area contributed by atoms with Crippen molar-refractivity contribution in [2.45, 2.75) is 31.6 Å². The molecule has 1 heterocycles.